The number of nitrogens with zero attached hydrogens (tertiary/aromatic N) is 1. The van der Waals surface area contributed by atoms with Crippen LogP contribution in [0.2, 0.25) is 0 Å². The number of β-amino-alcohol motifs (C(OH)–C–C–N with tert-alkyl or cyclic N) is 1. The van der Waals surface area contributed by atoms with Gasteiger partial charge >= 0.3 is 0 Å². The van der Waals surface area contributed by atoms with E-state index in [4.69, 9.17) is 5.73 Å². The van der Waals surface area contributed by atoms with Crippen molar-refractivity contribution in [3.05, 3.63) is 35.9 Å². The van der Waals surface area contributed by atoms with Crippen LogP contribution in [0.3, 0.4) is 0 Å². The van der Waals surface area contributed by atoms with Gasteiger partial charge in [0.25, 0.3) is 0 Å². The number of piperidine rings is 1. The van der Waals surface area contributed by atoms with Crippen LogP contribution in [0.15, 0.2) is 30.3 Å². The molecule has 1 heterocycles. The first-order valence-corrected chi connectivity index (χ1v) is 9.44. The van der Waals surface area contributed by atoms with Crippen molar-refractivity contribution in [2.75, 3.05) is 26.2 Å². The van der Waals surface area contributed by atoms with Gasteiger partial charge in [-0.2, -0.15) is 0 Å². The molecule has 1 saturated heterocycles. The first-order valence-electron chi connectivity index (χ1n) is 9.44. The molecule has 0 spiro atoms. The van der Waals surface area contributed by atoms with Crippen molar-refractivity contribution in [1.82, 2.24) is 10.2 Å². The Balaban J connectivity index is 0.00000338. The molecule has 0 saturated carbocycles. The lowest BCUT2D eigenvalue weighted by Crippen LogP contribution is -2.45. The Morgan fingerprint density at radius 2 is 1.81 bits per heavy atom. The number of rotatable bonds is 8. The van der Waals surface area contributed by atoms with Gasteiger partial charge in [-0.25, -0.2) is 0 Å². The summed E-state index contributed by atoms with van der Waals surface area (Å²) in [5.74, 6) is 0.899. The van der Waals surface area contributed by atoms with Gasteiger partial charge in [0, 0.05) is 13.1 Å². The number of nitrogens with one attached hydrogen (secondary N) is 1. The van der Waals surface area contributed by atoms with Gasteiger partial charge in [-0.15, -0.1) is 24.8 Å². The van der Waals surface area contributed by atoms with Crippen molar-refractivity contribution in [3.63, 3.8) is 0 Å². The van der Waals surface area contributed by atoms with Crippen molar-refractivity contribution in [2.24, 2.45) is 17.6 Å². The van der Waals surface area contributed by atoms with E-state index < -0.39 is 12.1 Å². The molecule has 0 bridgehead atoms. The van der Waals surface area contributed by atoms with Crippen LogP contribution in [0, 0.1) is 11.8 Å². The lowest BCUT2D eigenvalue weighted by atomic mass is 9.95. The summed E-state index contributed by atoms with van der Waals surface area (Å²) in [6, 6.07) is 9.40. The molecule has 1 aliphatic heterocycles. The number of aliphatic hydroxyl groups is 1. The van der Waals surface area contributed by atoms with Crippen LogP contribution in [0.4, 0.5) is 0 Å². The van der Waals surface area contributed by atoms with Gasteiger partial charge in [-0.3, -0.25) is 4.79 Å². The van der Waals surface area contributed by atoms with Gasteiger partial charge in [0.15, 0.2) is 0 Å². The molecule has 0 aromatic heterocycles. The van der Waals surface area contributed by atoms with E-state index in [1.54, 1.807) is 0 Å². The second-order valence-corrected chi connectivity index (χ2v) is 7.65. The summed E-state index contributed by atoms with van der Waals surface area (Å²) >= 11 is 0. The number of benzene rings is 1. The molecule has 1 aromatic rings. The van der Waals surface area contributed by atoms with Crippen LogP contribution >= 0.6 is 24.8 Å². The number of amides is 1. The van der Waals surface area contributed by atoms with Crippen LogP contribution in [0.1, 0.15) is 44.8 Å². The van der Waals surface area contributed by atoms with Crippen molar-refractivity contribution >= 4 is 30.7 Å². The monoisotopic (exact) mass is 419 g/mol. The largest absolute Gasteiger partial charge is 0.387 e. The summed E-state index contributed by atoms with van der Waals surface area (Å²) in [7, 11) is 0. The third-order valence-corrected chi connectivity index (χ3v) is 4.95. The fourth-order valence-corrected chi connectivity index (χ4v) is 3.39. The third kappa shape index (κ3) is 9.26. The van der Waals surface area contributed by atoms with E-state index in [1.165, 1.54) is 0 Å². The van der Waals surface area contributed by atoms with E-state index >= 15 is 0 Å². The minimum atomic E-state index is -0.438. The number of carbonyl (C=O) groups excluding carboxylic acids is 1. The van der Waals surface area contributed by atoms with Gasteiger partial charge < -0.3 is 21.1 Å². The smallest absolute Gasteiger partial charge is 0.236 e. The zero-order chi connectivity index (χ0) is 18.2. The summed E-state index contributed by atoms with van der Waals surface area (Å²) in [5.41, 5.74) is 6.89. The second kappa shape index (κ2) is 13.3. The maximum atomic E-state index is 12.0. The molecule has 1 unspecified atom stereocenters. The lowest BCUT2D eigenvalue weighted by molar-refractivity contribution is -0.122. The summed E-state index contributed by atoms with van der Waals surface area (Å²) in [6.45, 7) is 7.45. The van der Waals surface area contributed by atoms with Gasteiger partial charge in [0.2, 0.25) is 5.91 Å². The van der Waals surface area contributed by atoms with Crippen LogP contribution in [-0.4, -0.2) is 48.1 Å². The van der Waals surface area contributed by atoms with E-state index in [0.29, 0.717) is 24.9 Å². The molecule has 7 heteroatoms. The molecule has 0 aliphatic carbocycles. The Bertz CT molecular complexity index is 523. The highest BCUT2D eigenvalue weighted by atomic mass is 35.5. The Hall–Kier alpha value is -0.850. The molecule has 2 rings (SSSR count). The number of hydrogen-bond acceptors (Lipinski definition) is 4. The van der Waals surface area contributed by atoms with E-state index in [2.05, 4.69) is 24.1 Å². The quantitative estimate of drug-likeness (QED) is 0.604. The van der Waals surface area contributed by atoms with E-state index in [-0.39, 0.29) is 30.7 Å². The molecular weight excluding hydrogens is 385 g/mol. The van der Waals surface area contributed by atoms with Gasteiger partial charge in [-0.1, -0.05) is 44.2 Å². The lowest BCUT2D eigenvalue weighted by Gasteiger charge is -2.33. The van der Waals surface area contributed by atoms with Gasteiger partial charge in [0.05, 0.1) is 12.1 Å². The van der Waals surface area contributed by atoms with Crippen LogP contribution in [-0.2, 0) is 4.79 Å². The molecule has 2 atom stereocenters. The maximum absolute atomic E-state index is 12.0. The standard InChI is InChI=1S/C20H33N3O2.2ClH/c1-15(2)12-18(21)20(25)22-13-16-8-10-23(11-9-16)14-19(24)17-6-4-3-5-7-17;;/h3-7,15-16,18-19,24H,8-14,21H2,1-2H3,(H,22,25);2*1H/t18-,19?;;/m0../s1. The predicted molar refractivity (Wildman–Crippen MR) is 116 cm³/mol. The molecule has 5 nitrogen and oxygen atoms in total. The topological polar surface area (TPSA) is 78.6 Å². The van der Waals surface area contributed by atoms with Crippen molar-refractivity contribution < 1.29 is 9.90 Å². The van der Waals surface area contributed by atoms with Crippen LogP contribution in [0.5, 0.6) is 0 Å². The highest BCUT2D eigenvalue weighted by Crippen LogP contribution is 2.20. The van der Waals surface area contributed by atoms with Gasteiger partial charge in [-0.05, 0) is 49.8 Å². The number of nitrogens with two attached hydrogens (primary N) is 1. The minimum absolute atomic E-state index is 0. The highest BCUT2D eigenvalue weighted by Gasteiger charge is 2.23. The summed E-state index contributed by atoms with van der Waals surface area (Å²) in [4.78, 5) is 14.3. The predicted octanol–water partition coefficient (Wildman–Crippen LogP) is 2.77. The highest BCUT2D eigenvalue weighted by molar-refractivity contribution is 5.85. The Labute approximate surface area is 175 Å². The Morgan fingerprint density at radius 1 is 1.22 bits per heavy atom. The van der Waals surface area contributed by atoms with Crippen molar-refractivity contribution in [3.8, 4) is 0 Å². The second-order valence-electron chi connectivity index (χ2n) is 7.65. The number of halogens is 2. The zero-order valence-corrected chi connectivity index (χ0v) is 18.0. The Kier molecular flexibility index (Phi) is 12.9. The first kappa shape index (κ1) is 26.1. The zero-order valence-electron chi connectivity index (χ0n) is 16.3. The fourth-order valence-electron chi connectivity index (χ4n) is 3.39. The van der Waals surface area contributed by atoms with E-state index in [1.807, 2.05) is 30.3 Å². The fraction of sp³-hybridized carbons (Fsp3) is 0.650. The van der Waals surface area contributed by atoms with Crippen molar-refractivity contribution in [1.29, 1.82) is 0 Å². The number of carbonyl (C=O) groups is 1. The van der Waals surface area contributed by atoms with Gasteiger partial charge in [0.1, 0.15) is 0 Å². The van der Waals surface area contributed by atoms with E-state index in [0.717, 1.165) is 37.9 Å². The normalized spacial score (nSPS) is 17.5. The number of hydrogen-bond donors (Lipinski definition) is 3. The molecule has 156 valence electrons. The molecule has 1 aromatic carbocycles. The first-order chi connectivity index (χ1) is 12.0. The third-order valence-electron chi connectivity index (χ3n) is 4.95. The summed E-state index contributed by atoms with van der Waals surface area (Å²) in [5, 5.41) is 13.3. The minimum Gasteiger partial charge on any atom is -0.387 e. The SMILES string of the molecule is CC(C)C[C@H](N)C(=O)NCC1CCN(CC(O)c2ccccc2)CC1.Cl.Cl. The maximum Gasteiger partial charge on any atom is 0.236 e. The van der Waals surface area contributed by atoms with Crippen LogP contribution in [0.25, 0.3) is 0 Å². The molecule has 0 radical (unpaired) electrons. The average molecular weight is 420 g/mol. The summed E-state index contributed by atoms with van der Waals surface area (Å²) < 4.78 is 0. The number of aliphatic hydroxyl groups excluding tert-OH is 1. The molecular formula is C20H35Cl2N3O2. The number of likely N-dealkylation sites (tertiary alicyclic amines) is 1. The molecule has 1 fully saturated rings. The Morgan fingerprint density at radius 3 is 2.37 bits per heavy atom. The van der Waals surface area contributed by atoms with E-state index in [9.17, 15) is 9.90 Å². The molecule has 4 N–H and O–H groups in total. The molecule has 1 aliphatic rings. The van der Waals surface area contributed by atoms with Crippen molar-refractivity contribution in [2.45, 2.75) is 45.3 Å². The summed E-state index contributed by atoms with van der Waals surface area (Å²) in [6.07, 6.45) is 2.37. The average Bonchev–Trinajstić information content (AvgIpc) is 2.61. The molecule has 27 heavy (non-hydrogen) atoms. The van der Waals surface area contributed by atoms with Crippen LogP contribution < -0.4 is 11.1 Å². The molecule has 1 amide bonds.